The van der Waals surface area contributed by atoms with E-state index in [-0.39, 0.29) is 12.2 Å². The van der Waals surface area contributed by atoms with Gasteiger partial charge >= 0.3 is 17.6 Å². The van der Waals surface area contributed by atoms with Crippen molar-refractivity contribution in [3.63, 3.8) is 0 Å². The number of ether oxygens (including phenoxy) is 2. The van der Waals surface area contributed by atoms with Crippen molar-refractivity contribution in [2.75, 3.05) is 12.3 Å². The number of carbonyl (C=O) groups excluding carboxylic acids is 1. The molecule has 1 aromatic rings. The number of nitrogen functional groups attached to an aromatic ring is 1. The number of alkyl halides is 2. The van der Waals surface area contributed by atoms with Crippen LogP contribution in [0.1, 0.15) is 103 Å². The first-order valence-corrected chi connectivity index (χ1v) is 13.6. The molecule has 1 aliphatic heterocycles. The minimum atomic E-state index is -3.78. The van der Waals surface area contributed by atoms with Crippen LogP contribution in [-0.4, -0.2) is 45.4 Å². The van der Waals surface area contributed by atoms with E-state index in [2.05, 4.69) is 24.1 Å². The fourth-order valence-electron chi connectivity index (χ4n) is 4.30. The maximum absolute atomic E-state index is 14.5. The number of hydrogen-bond acceptors (Lipinski definition) is 7. The number of unbranched alkanes of at least 4 members (excludes halogenated alkanes) is 11. The third-order valence-electron chi connectivity index (χ3n) is 6.53. The Bertz CT molecular complexity index is 893. The van der Waals surface area contributed by atoms with Crippen molar-refractivity contribution in [3.05, 3.63) is 34.9 Å². The normalized spacial score (nSPS) is 21.0. The van der Waals surface area contributed by atoms with Crippen molar-refractivity contribution >= 4 is 11.8 Å². The maximum Gasteiger partial charge on any atom is 0.351 e. The largest absolute Gasteiger partial charge is 0.463 e. The van der Waals surface area contributed by atoms with Crippen LogP contribution in [0.15, 0.2) is 29.2 Å². The number of nitrogens with two attached hydrogens (primary N) is 1. The highest BCUT2D eigenvalue weighted by Crippen LogP contribution is 2.42. The number of aromatic nitrogens is 2. The highest BCUT2D eigenvalue weighted by Gasteiger charge is 2.60. The lowest BCUT2D eigenvalue weighted by atomic mass is 10.1. The molecule has 1 saturated heterocycles. The van der Waals surface area contributed by atoms with Crippen molar-refractivity contribution in [2.45, 2.75) is 121 Å². The van der Waals surface area contributed by atoms with Crippen molar-refractivity contribution in [3.8, 4) is 0 Å². The zero-order chi connectivity index (χ0) is 27.1. The summed E-state index contributed by atoms with van der Waals surface area (Å²) in [4.78, 5) is 27.3. The Kier molecular flexibility index (Phi) is 13.8. The molecule has 1 fully saturated rings. The van der Waals surface area contributed by atoms with Crippen molar-refractivity contribution in [1.82, 2.24) is 9.55 Å². The molecule has 210 valence electrons. The average Bonchev–Trinajstić information content (AvgIpc) is 3.08. The molecule has 0 radical (unpaired) electrons. The highest BCUT2D eigenvalue weighted by atomic mass is 19.3. The summed E-state index contributed by atoms with van der Waals surface area (Å²) < 4.78 is 39.8. The monoisotopic (exact) mass is 527 g/mol. The Morgan fingerprint density at radius 2 is 1.70 bits per heavy atom. The zero-order valence-corrected chi connectivity index (χ0v) is 22.0. The SMILES string of the molecule is CCCCCCCCC=CCCCCCCCC(=O)OC[C@H]1O[C@@H](n2ccc(N)nc2=O)C(F)(F)[C@H]1O. The molecule has 2 rings (SSSR count). The zero-order valence-electron chi connectivity index (χ0n) is 22.0. The second-order valence-corrected chi connectivity index (χ2v) is 9.71. The van der Waals surface area contributed by atoms with E-state index in [1.165, 1.54) is 44.6 Å². The van der Waals surface area contributed by atoms with E-state index in [1.54, 1.807) is 0 Å². The number of rotatable bonds is 18. The summed E-state index contributed by atoms with van der Waals surface area (Å²) in [6.07, 6.45) is 14.8. The molecule has 0 amide bonds. The smallest absolute Gasteiger partial charge is 0.351 e. The van der Waals surface area contributed by atoms with E-state index in [0.29, 0.717) is 11.0 Å². The second kappa shape index (κ2) is 16.5. The van der Waals surface area contributed by atoms with Crippen LogP contribution in [0.3, 0.4) is 0 Å². The lowest BCUT2D eigenvalue weighted by Crippen LogP contribution is -2.42. The molecule has 2 heterocycles. The predicted octanol–water partition coefficient (Wildman–Crippen LogP) is 5.30. The Labute approximate surface area is 218 Å². The summed E-state index contributed by atoms with van der Waals surface area (Å²) in [6.45, 7) is 1.70. The van der Waals surface area contributed by atoms with E-state index in [0.717, 1.165) is 44.7 Å². The topological polar surface area (TPSA) is 117 Å². The van der Waals surface area contributed by atoms with Gasteiger partial charge in [-0.05, 0) is 38.2 Å². The van der Waals surface area contributed by atoms with Crippen LogP contribution in [0.25, 0.3) is 0 Å². The first-order chi connectivity index (χ1) is 17.8. The summed E-state index contributed by atoms with van der Waals surface area (Å²) in [6, 6.07) is 1.18. The summed E-state index contributed by atoms with van der Waals surface area (Å²) in [7, 11) is 0. The summed E-state index contributed by atoms with van der Waals surface area (Å²) in [5.41, 5.74) is 4.35. The van der Waals surface area contributed by atoms with Crippen LogP contribution < -0.4 is 11.4 Å². The van der Waals surface area contributed by atoms with E-state index >= 15 is 0 Å². The second-order valence-electron chi connectivity index (χ2n) is 9.71. The predicted molar refractivity (Wildman–Crippen MR) is 138 cm³/mol. The number of nitrogens with zero attached hydrogens (tertiary/aromatic N) is 2. The van der Waals surface area contributed by atoms with E-state index in [1.807, 2.05) is 0 Å². The van der Waals surface area contributed by atoms with Crippen molar-refractivity contribution in [1.29, 1.82) is 0 Å². The average molecular weight is 528 g/mol. The first-order valence-electron chi connectivity index (χ1n) is 13.6. The molecule has 1 aromatic heterocycles. The van der Waals surface area contributed by atoms with Crippen molar-refractivity contribution in [2.24, 2.45) is 0 Å². The third-order valence-corrected chi connectivity index (χ3v) is 6.53. The van der Waals surface area contributed by atoms with Crippen LogP contribution in [0.5, 0.6) is 0 Å². The molecule has 0 aromatic carbocycles. The van der Waals surface area contributed by atoms with Crippen LogP contribution in [0.4, 0.5) is 14.6 Å². The van der Waals surface area contributed by atoms with Gasteiger partial charge in [0.1, 0.15) is 18.5 Å². The molecule has 0 unspecified atom stereocenters. The van der Waals surface area contributed by atoms with Gasteiger partial charge in [-0.25, -0.2) is 4.79 Å². The van der Waals surface area contributed by atoms with E-state index in [4.69, 9.17) is 15.2 Å². The minimum Gasteiger partial charge on any atom is -0.463 e. The van der Waals surface area contributed by atoms with Crippen LogP contribution in [0, 0.1) is 0 Å². The third kappa shape index (κ3) is 10.5. The number of aliphatic hydroxyl groups excluding tert-OH is 1. The van der Waals surface area contributed by atoms with E-state index in [9.17, 15) is 23.5 Å². The van der Waals surface area contributed by atoms with Gasteiger partial charge in [0, 0.05) is 12.6 Å². The van der Waals surface area contributed by atoms with Crippen LogP contribution in [0.2, 0.25) is 0 Å². The van der Waals surface area contributed by atoms with Gasteiger partial charge in [-0.1, -0.05) is 70.4 Å². The molecule has 0 aliphatic carbocycles. The van der Waals surface area contributed by atoms with Gasteiger partial charge in [0.15, 0.2) is 6.10 Å². The van der Waals surface area contributed by atoms with Gasteiger partial charge in [0.05, 0.1) is 0 Å². The molecule has 3 N–H and O–H groups in total. The Balaban J connectivity index is 1.54. The molecule has 37 heavy (non-hydrogen) atoms. The van der Waals surface area contributed by atoms with Gasteiger partial charge in [-0.2, -0.15) is 13.8 Å². The van der Waals surface area contributed by atoms with Gasteiger partial charge < -0.3 is 20.3 Å². The number of aliphatic hydroxyl groups is 1. The molecule has 0 bridgehead atoms. The fraction of sp³-hybridized carbons (Fsp3) is 0.741. The van der Waals surface area contributed by atoms with Gasteiger partial charge in [-0.15, -0.1) is 0 Å². The maximum atomic E-state index is 14.5. The number of carbonyl (C=O) groups is 1. The molecular formula is C27H43F2N3O5. The number of hydrogen-bond donors (Lipinski definition) is 2. The van der Waals surface area contributed by atoms with Gasteiger partial charge in [0.2, 0.25) is 6.23 Å². The van der Waals surface area contributed by atoms with Gasteiger partial charge in [-0.3, -0.25) is 9.36 Å². The molecular weight excluding hydrogens is 484 g/mol. The van der Waals surface area contributed by atoms with Crippen molar-refractivity contribution < 1.29 is 28.2 Å². The Hall–Kier alpha value is -2.33. The first kappa shape index (κ1) is 30.9. The number of halogens is 2. The lowest BCUT2D eigenvalue weighted by molar-refractivity contribution is -0.150. The van der Waals surface area contributed by atoms with Crippen LogP contribution in [-0.2, 0) is 14.3 Å². The fourth-order valence-corrected chi connectivity index (χ4v) is 4.30. The quantitative estimate of drug-likeness (QED) is 0.151. The Morgan fingerprint density at radius 1 is 1.11 bits per heavy atom. The van der Waals surface area contributed by atoms with E-state index < -0.39 is 42.6 Å². The molecule has 0 saturated carbocycles. The molecule has 0 spiro atoms. The summed E-state index contributed by atoms with van der Waals surface area (Å²) in [5.74, 6) is -4.43. The molecule has 8 nitrogen and oxygen atoms in total. The standard InChI is InChI=1S/C27H43F2N3O5/c1-2-3-4-5-6-7-8-9-10-11-12-13-14-15-16-17-23(33)36-20-21-24(34)27(28,29)25(37-21)32-19-18-22(30)31-26(32)35/h9-10,18-19,21,24-25,34H,2-8,11-17,20H2,1H3,(H2,30,31,35)/t21-,24+,25-/m1/s1. The highest BCUT2D eigenvalue weighted by molar-refractivity contribution is 5.69. The Morgan fingerprint density at radius 3 is 2.32 bits per heavy atom. The molecule has 3 atom stereocenters. The summed E-state index contributed by atoms with van der Waals surface area (Å²) in [5, 5.41) is 9.99. The molecule has 1 aliphatic rings. The number of esters is 1. The number of anilines is 1. The van der Waals surface area contributed by atoms with Crippen LogP contribution >= 0.6 is 0 Å². The minimum absolute atomic E-state index is 0.121. The number of allylic oxidation sites excluding steroid dienone is 2. The van der Waals surface area contributed by atoms with Gasteiger partial charge in [0.25, 0.3) is 0 Å². The lowest BCUT2D eigenvalue weighted by Gasteiger charge is -2.20. The molecule has 10 heteroatoms. The summed E-state index contributed by atoms with van der Waals surface area (Å²) >= 11 is 0.